The standard InChI is InChI=1S/C25H30O2/c1-3-4-5-20-10-12-23(13-11-20)24-14-15-25(19(2)16-24)27-18-22-8-6-21(17-26)7-9-22/h3,10-17,21-22H,1,4-9,18H2,2H3. The van der Waals surface area contributed by atoms with Crippen LogP contribution < -0.4 is 4.74 Å². The predicted octanol–water partition coefficient (Wildman–Crippen LogP) is 6.16. The molecule has 0 radical (unpaired) electrons. The third-order valence-electron chi connectivity index (χ3n) is 5.66. The van der Waals surface area contributed by atoms with E-state index in [1.165, 1.54) is 22.3 Å². The van der Waals surface area contributed by atoms with E-state index >= 15 is 0 Å². The molecule has 0 unspecified atom stereocenters. The quantitative estimate of drug-likeness (QED) is 0.415. The highest BCUT2D eigenvalue weighted by molar-refractivity contribution is 5.66. The molecule has 1 aliphatic rings. The topological polar surface area (TPSA) is 26.3 Å². The Balaban J connectivity index is 1.58. The van der Waals surface area contributed by atoms with Crippen molar-refractivity contribution < 1.29 is 9.53 Å². The monoisotopic (exact) mass is 362 g/mol. The number of benzene rings is 2. The molecule has 2 aromatic rings. The highest BCUT2D eigenvalue weighted by Gasteiger charge is 2.21. The number of allylic oxidation sites excluding steroid dienone is 1. The van der Waals surface area contributed by atoms with Crippen molar-refractivity contribution in [2.45, 2.75) is 45.4 Å². The summed E-state index contributed by atoms with van der Waals surface area (Å²) >= 11 is 0. The fraction of sp³-hybridized carbons (Fsp3) is 0.400. The zero-order valence-corrected chi connectivity index (χ0v) is 16.3. The van der Waals surface area contributed by atoms with Gasteiger partial charge in [0.2, 0.25) is 0 Å². The van der Waals surface area contributed by atoms with E-state index in [0.29, 0.717) is 5.92 Å². The average Bonchev–Trinajstić information content (AvgIpc) is 2.72. The second-order valence-corrected chi connectivity index (χ2v) is 7.73. The molecular formula is C25H30O2. The van der Waals surface area contributed by atoms with Crippen LogP contribution >= 0.6 is 0 Å². The van der Waals surface area contributed by atoms with Gasteiger partial charge in [0.05, 0.1) is 6.61 Å². The first-order chi connectivity index (χ1) is 13.2. The van der Waals surface area contributed by atoms with E-state index in [4.69, 9.17) is 4.74 Å². The van der Waals surface area contributed by atoms with Gasteiger partial charge in [-0.25, -0.2) is 0 Å². The summed E-state index contributed by atoms with van der Waals surface area (Å²) in [5.74, 6) is 1.81. The van der Waals surface area contributed by atoms with Gasteiger partial charge in [0.25, 0.3) is 0 Å². The number of ether oxygens (including phenoxy) is 1. The SMILES string of the molecule is C=CCCc1ccc(-c2ccc(OCC3CCC(C=O)CC3)c(C)c2)cc1. The minimum Gasteiger partial charge on any atom is -0.493 e. The van der Waals surface area contributed by atoms with Crippen LogP contribution in [0.25, 0.3) is 11.1 Å². The number of aryl methyl sites for hydroxylation is 2. The first-order valence-electron chi connectivity index (χ1n) is 10.1. The van der Waals surface area contributed by atoms with E-state index < -0.39 is 0 Å². The average molecular weight is 363 g/mol. The van der Waals surface area contributed by atoms with Crippen molar-refractivity contribution in [3.8, 4) is 16.9 Å². The van der Waals surface area contributed by atoms with Crippen LogP contribution in [0.4, 0.5) is 0 Å². The van der Waals surface area contributed by atoms with Crippen molar-refractivity contribution in [2.75, 3.05) is 6.61 Å². The fourth-order valence-electron chi connectivity index (χ4n) is 3.82. The van der Waals surface area contributed by atoms with Crippen LogP contribution in [0.3, 0.4) is 0 Å². The zero-order valence-electron chi connectivity index (χ0n) is 16.3. The van der Waals surface area contributed by atoms with Gasteiger partial charge in [0.1, 0.15) is 12.0 Å². The Morgan fingerprint density at radius 2 is 1.74 bits per heavy atom. The highest BCUT2D eigenvalue weighted by atomic mass is 16.5. The van der Waals surface area contributed by atoms with Crippen molar-refractivity contribution in [3.05, 3.63) is 66.2 Å². The Hall–Kier alpha value is -2.35. The van der Waals surface area contributed by atoms with Gasteiger partial charge in [-0.05, 0) is 85.8 Å². The summed E-state index contributed by atoms with van der Waals surface area (Å²) in [7, 11) is 0. The maximum absolute atomic E-state index is 10.9. The summed E-state index contributed by atoms with van der Waals surface area (Å²) < 4.78 is 6.10. The molecule has 2 aromatic carbocycles. The molecule has 0 spiro atoms. The van der Waals surface area contributed by atoms with Gasteiger partial charge in [-0.2, -0.15) is 0 Å². The number of aldehydes is 1. The summed E-state index contributed by atoms with van der Waals surface area (Å²) in [6.07, 6.45) is 9.36. The van der Waals surface area contributed by atoms with Crippen LogP contribution in [0.15, 0.2) is 55.1 Å². The molecule has 0 N–H and O–H groups in total. The van der Waals surface area contributed by atoms with Gasteiger partial charge in [-0.1, -0.05) is 36.4 Å². The van der Waals surface area contributed by atoms with E-state index in [0.717, 1.165) is 57.2 Å². The second kappa shape index (κ2) is 9.55. The Morgan fingerprint density at radius 3 is 2.37 bits per heavy atom. The molecule has 142 valence electrons. The van der Waals surface area contributed by atoms with Crippen LogP contribution in [0, 0.1) is 18.8 Å². The van der Waals surface area contributed by atoms with E-state index in [1.807, 2.05) is 6.08 Å². The third kappa shape index (κ3) is 5.32. The molecule has 1 fully saturated rings. The Bertz CT molecular complexity index is 752. The van der Waals surface area contributed by atoms with Gasteiger partial charge in [-0.15, -0.1) is 6.58 Å². The maximum Gasteiger partial charge on any atom is 0.123 e. The summed E-state index contributed by atoms with van der Waals surface area (Å²) in [4.78, 5) is 10.9. The Kier molecular flexibility index (Phi) is 6.86. The molecule has 0 amide bonds. The Morgan fingerprint density at radius 1 is 1.04 bits per heavy atom. The smallest absolute Gasteiger partial charge is 0.123 e. The molecule has 1 saturated carbocycles. The van der Waals surface area contributed by atoms with Gasteiger partial charge in [0, 0.05) is 5.92 Å². The molecular weight excluding hydrogens is 332 g/mol. The van der Waals surface area contributed by atoms with Gasteiger partial charge in [0.15, 0.2) is 0 Å². The van der Waals surface area contributed by atoms with E-state index in [1.54, 1.807) is 0 Å². The lowest BCUT2D eigenvalue weighted by molar-refractivity contribution is -0.112. The minimum absolute atomic E-state index is 0.269. The van der Waals surface area contributed by atoms with Crippen LogP contribution in [0.1, 0.15) is 43.2 Å². The molecule has 2 nitrogen and oxygen atoms in total. The summed E-state index contributed by atoms with van der Waals surface area (Å²) in [5, 5.41) is 0. The Labute approximate surface area is 163 Å². The lowest BCUT2D eigenvalue weighted by atomic mass is 9.83. The minimum atomic E-state index is 0.269. The summed E-state index contributed by atoms with van der Waals surface area (Å²) in [5.41, 5.74) is 4.98. The lowest BCUT2D eigenvalue weighted by Gasteiger charge is -2.25. The first kappa shape index (κ1) is 19.4. The zero-order chi connectivity index (χ0) is 19.1. The van der Waals surface area contributed by atoms with Crippen LogP contribution in [0.5, 0.6) is 5.75 Å². The van der Waals surface area contributed by atoms with Crippen molar-refractivity contribution in [2.24, 2.45) is 11.8 Å². The third-order valence-corrected chi connectivity index (χ3v) is 5.66. The molecule has 0 aromatic heterocycles. The van der Waals surface area contributed by atoms with Crippen molar-refractivity contribution in [1.82, 2.24) is 0 Å². The molecule has 3 rings (SSSR count). The maximum atomic E-state index is 10.9. The second-order valence-electron chi connectivity index (χ2n) is 7.73. The normalized spacial score (nSPS) is 19.4. The molecule has 1 aliphatic carbocycles. The summed E-state index contributed by atoms with van der Waals surface area (Å²) in [6, 6.07) is 15.2. The predicted molar refractivity (Wildman–Crippen MR) is 112 cm³/mol. The van der Waals surface area contributed by atoms with Gasteiger partial charge in [-0.3, -0.25) is 0 Å². The molecule has 0 bridgehead atoms. The van der Waals surface area contributed by atoms with Crippen LogP contribution in [0.2, 0.25) is 0 Å². The first-order valence-corrected chi connectivity index (χ1v) is 10.1. The fourth-order valence-corrected chi connectivity index (χ4v) is 3.82. The summed E-state index contributed by atoms with van der Waals surface area (Å²) in [6.45, 7) is 6.65. The van der Waals surface area contributed by atoms with Crippen LogP contribution in [-0.2, 0) is 11.2 Å². The molecule has 0 saturated heterocycles. The number of hydrogen-bond acceptors (Lipinski definition) is 2. The molecule has 0 heterocycles. The van der Waals surface area contributed by atoms with Gasteiger partial charge < -0.3 is 9.53 Å². The number of rotatable bonds is 8. The van der Waals surface area contributed by atoms with Crippen molar-refractivity contribution >= 4 is 6.29 Å². The van der Waals surface area contributed by atoms with E-state index in [-0.39, 0.29) is 5.92 Å². The lowest BCUT2D eigenvalue weighted by Crippen LogP contribution is -2.20. The molecule has 0 atom stereocenters. The number of hydrogen-bond donors (Lipinski definition) is 0. The van der Waals surface area contributed by atoms with Crippen LogP contribution in [-0.4, -0.2) is 12.9 Å². The number of carbonyl (C=O) groups excluding carboxylic acids is 1. The van der Waals surface area contributed by atoms with E-state index in [2.05, 4.69) is 56.0 Å². The molecule has 27 heavy (non-hydrogen) atoms. The largest absolute Gasteiger partial charge is 0.493 e. The number of carbonyl (C=O) groups is 1. The van der Waals surface area contributed by atoms with Crippen molar-refractivity contribution in [1.29, 1.82) is 0 Å². The van der Waals surface area contributed by atoms with Gasteiger partial charge >= 0.3 is 0 Å². The molecule has 2 heteroatoms. The highest BCUT2D eigenvalue weighted by Crippen LogP contribution is 2.30. The van der Waals surface area contributed by atoms with E-state index in [9.17, 15) is 4.79 Å². The van der Waals surface area contributed by atoms with Crippen molar-refractivity contribution in [3.63, 3.8) is 0 Å². The molecule has 0 aliphatic heterocycles.